The van der Waals surface area contributed by atoms with Crippen LogP contribution in [-0.4, -0.2) is 20.3 Å². The van der Waals surface area contributed by atoms with Gasteiger partial charge in [0.1, 0.15) is 11.0 Å². The highest BCUT2D eigenvalue weighted by Gasteiger charge is 2.40. The molecule has 0 amide bonds. The number of hydrogen-bond donors (Lipinski definition) is 0. The van der Waals surface area contributed by atoms with Gasteiger partial charge in [0.15, 0.2) is 0 Å². The Balaban J connectivity index is 2.06. The van der Waals surface area contributed by atoms with E-state index in [4.69, 9.17) is 0 Å². The molecule has 10 heteroatoms. The number of hydrogen-bond acceptors (Lipinski definition) is 1. The van der Waals surface area contributed by atoms with Gasteiger partial charge in [0.05, 0.1) is 21.9 Å². The molecule has 2 atom stereocenters. The maximum Gasteiger partial charge on any atom is 0.416 e. The lowest BCUT2D eigenvalue weighted by Crippen LogP contribution is -2.39. The van der Waals surface area contributed by atoms with Gasteiger partial charge >= 0.3 is 12.4 Å². The van der Waals surface area contributed by atoms with Gasteiger partial charge < -0.3 is 0 Å². The van der Waals surface area contributed by atoms with E-state index in [1.165, 1.54) is 11.4 Å². The van der Waals surface area contributed by atoms with Crippen LogP contribution in [0.15, 0.2) is 103 Å². The molecule has 0 N–H and O–H groups in total. The monoisotopic (exact) mass is 621 g/mol. The molecule has 0 saturated carbocycles. The highest BCUT2D eigenvalue weighted by atomic mass is 32.2. The van der Waals surface area contributed by atoms with Crippen LogP contribution < -0.4 is 15.9 Å². The average Bonchev–Trinajstić information content (AvgIpc) is 2.93. The van der Waals surface area contributed by atoms with E-state index in [1.54, 1.807) is 39.0 Å². The molecule has 0 aromatic heterocycles. The minimum absolute atomic E-state index is 0.119. The van der Waals surface area contributed by atoms with E-state index in [9.17, 15) is 30.6 Å². The van der Waals surface area contributed by atoms with Crippen LogP contribution in [0.3, 0.4) is 0 Å². The highest BCUT2D eigenvalue weighted by molar-refractivity contribution is 7.84. The van der Waals surface area contributed by atoms with E-state index in [-0.39, 0.29) is 11.6 Å². The number of nitrogens with zero attached hydrogens (tertiary/aromatic N) is 1. The zero-order valence-corrected chi connectivity index (χ0v) is 25.1. The molecule has 0 radical (unpaired) electrons. The first-order valence-electron chi connectivity index (χ1n) is 13.0. The Morgan fingerprint density at radius 1 is 0.667 bits per heavy atom. The molecule has 0 spiro atoms. The van der Waals surface area contributed by atoms with Crippen LogP contribution in [0.4, 0.5) is 26.3 Å². The van der Waals surface area contributed by atoms with E-state index in [0.29, 0.717) is 5.56 Å². The standard InChI is InChI=1S/C32H30F6NOPS/c1-30(2,3)42(40)39(4)29(22-19-23(31(33,34)35)21-24(20-22)32(36,37)38)27-17-11-12-18-28(27)41(25-13-7-5-8-14-25)26-15-9-6-10-16-26/h5-21,29H,1-4H3/t29?,42-/m1/s1. The summed E-state index contributed by atoms with van der Waals surface area (Å²) in [6.07, 6.45) is -10.1. The molecule has 4 aromatic rings. The fourth-order valence-corrected chi connectivity index (χ4v) is 8.53. The molecule has 4 aromatic carbocycles. The summed E-state index contributed by atoms with van der Waals surface area (Å²) in [5, 5.41) is 2.63. The van der Waals surface area contributed by atoms with Crippen molar-refractivity contribution in [3.63, 3.8) is 0 Å². The van der Waals surface area contributed by atoms with E-state index >= 15 is 0 Å². The van der Waals surface area contributed by atoms with Gasteiger partial charge in [0.25, 0.3) is 0 Å². The second-order valence-electron chi connectivity index (χ2n) is 10.7. The van der Waals surface area contributed by atoms with Crippen molar-refractivity contribution in [3.8, 4) is 0 Å². The third kappa shape index (κ3) is 7.13. The zero-order chi connectivity index (χ0) is 30.9. The van der Waals surface area contributed by atoms with Crippen molar-refractivity contribution in [1.82, 2.24) is 4.31 Å². The Kier molecular flexibility index (Phi) is 9.36. The summed E-state index contributed by atoms with van der Waals surface area (Å²) >= 11 is 0. The Morgan fingerprint density at radius 3 is 1.52 bits per heavy atom. The molecule has 0 aliphatic rings. The molecule has 222 valence electrons. The summed E-state index contributed by atoms with van der Waals surface area (Å²) < 4.78 is 98.0. The van der Waals surface area contributed by atoms with Crippen LogP contribution >= 0.6 is 7.92 Å². The number of alkyl halides is 6. The van der Waals surface area contributed by atoms with Gasteiger partial charge in [0.2, 0.25) is 0 Å². The topological polar surface area (TPSA) is 20.3 Å². The van der Waals surface area contributed by atoms with Crippen molar-refractivity contribution in [3.05, 3.63) is 125 Å². The average molecular weight is 622 g/mol. The Bertz CT molecular complexity index is 1460. The Labute approximate surface area is 245 Å². The summed E-state index contributed by atoms with van der Waals surface area (Å²) in [4.78, 5) is 0. The molecule has 1 unspecified atom stereocenters. The van der Waals surface area contributed by atoms with Gasteiger partial charge in [-0.2, -0.15) is 26.3 Å². The van der Waals surface area contributed by atoms with Crippen molar-refractivity contribution < 1.29 is 30.6 Å². The maximum atomic E-state index is 14.0. The van der Waals surface area contributed by atoms with Crippen LogP contribution in [-0.2, 0) is 23.3 Å². The predicted molar refractivity (Wildman–Crippen MR) is 159 cm³/mol. The lowest BCUT2D eigenvalue weighted by molar-refractivity contribution is -0.143. The van der Waals surface area contributed by atoms with Gasteiger partial charge in [-0.3, -0.25) is 0 Å². The Hall–Kier alpha value is -3.00. The minimum Gasteiger partial charge on any atom is -0.242 e. The van der Waals surface area contributed by atoms with Gasteiger partial charge in [-0.1, -0.05) is 84.9 Å². The van der Waals surface area contributed by atoms with Crippen molar-refractivity contribution in [1.29, 1.82) is 0 Å². The zero-order valence-electron chi connectivity index (χ0n) is 23.4. The molecular weight excluding hydrogens is 591 g/mol. The number of benzene rings is 4. The van der Waals surface area contributed by atoms with Crippen molar-refractivity contribution in [2.24, 2.45) is 0 Å². The number of rotatable bonds is 7. The van der Waals surface area contributed by atoms with Crippen LogP contribution in [0.25, 0.3) is 0 Å². The highest BCUT2D eigenvalue weighted by Crippen LogP contribution is 2.43. The van der Waals surface area contributed by atoms with E-state index in [2.05, 4.69) is 0 Å². The van der Waals surface area contributed by atoms with E-state index in [0.717, 1.165) is 28.0 Å². The largest absolute Gasteiger partial charge is 0.416 e. The van der Waals surface area contributed by atoms with Crippen LogP contribution in [0, 0.1) is 0 Å². The predicted octanol–water partition coefficient (Wildman–Crippen LogP) is 7.97. The molecule has 0 aliphatic heterocycles. The molecule has 0 saturated heterocycles. The first-order chi connectivity index (χ1) is 19.6. The molecule has 0 heterocycles. The molecule has 0 aliphatic carbocycles. The third-order valence-corrected chi connectivity index (χ3v) is 10.9. The van der Waals surface area contributed by atoms with Crippen molar-refractivity contribution >= 4 is 34.8 Å². The lowest BCUT2D eigenvalue weighted by Gasteiger charge is -2.35. The van der Waals surface area contributed by atoms with Crippen molar-refractivity contribution in [2.45, 2.75) is 43.9 Å². The summed E-state index contributed by atoms with van der Waals surface area (Å²) in [6.45, 7) is 5.12. The minimum atomic E-state index is -5.03. The normalized spacial score (nSPS) is 14.3. The van der Waals surface area contributed by atoms with Crippen molar-refractivity contribution in [2.75, 3.05) is 7.05 Å². The third-order valence-electron chi connectivity index (χ3n) is 6.58. The number of halogens is 6. The summed E-state index contributed by atoms with van der Waals surface area (Å²) in [7, 11) is -1.62. The van der Waals surface area contributed by atoms with Crippen LogP contribution in [0.1, 0.15) is 49.1 Å². The van der Waals surface area contributed by atoms with Gasteiger partial charge in [0, 0.05) is 7.05 Å². The van der Waals surface area contributed by atoms with E-state index in [1.807, 2.05) is 66.7 Å². The van der Waals surface area contributed by atoms with Crippen LogP contribution in [0.2, 0.25) is 0 Å². The van der Waals surface area contributed by atoms with E-state index < -0.39 is 53.2 Å². The molecule has 2 nitrogen and oxygen atoms in total. The molecule has 0 bridgehead atoms. The summed E-state index contributed by atoms with van der Waals surface area (Å²) in [5.41, 5.74) is -2.61. The van der Waals surface area contributed by atoms with Gasteiger partial charge in [-0.25, -0.2) is 8.51 Å². The first kappa shape index (κ1) is 31.9. The molecule has 4 rings (SSSR count). The quantitative estimate of drug-likeness (QED) is 0.152. The summed E-state index contributed by atoms with van der Waals surface area (Å²) in [5.74, 6) is 0. The molecular formula is C32H30F6NOPS. The smallest absolute Gasteiger partial charge is 0.242 e. The second-order valence-corrected chi connectivity index (χ2v) is 15.2. The van der Waals surface area contributed by atoms with Gasteiger partial charge in [-0.05, 0) is 73.9 Å². The molecule has 42 heavy (non-hydrogen) atoms. The maximum absolute atomic E-state index is 14.0. The Morgan fingerprint density at radius 2 is 1.10 bits per heavy atom. The second kappa shape index (κ2) is 12.3. The fourth-order valence-electron chi connectivity index (χ4n) is 4.75. The molecule has 0 fully saturated rings. The fraction of sp³-hybridized carbons (Fsp3) is 0.250. The SMILES string of the molecule is CN(C(c1cc(C(F)(F)F)cc(C(F)(F)F)c1)c1ccccc1P(c1ccccc1)c1ccccc1)[S@](=O)C(C)(C)C. The van der Waals surface area contributed by atoms with Crippen LogP contribution in [0.5, 0.6) is 0 Å². The first-order valence-corrected chi connectivity index (χ1v) is 15.5. The summed E-state index contributed by atoms with van der Waals surface area (Å²) in [6, 6.07) is 26.5. The van der Waals surface area contributed by atoms with Gasteiger partial charge in [-0.15, -0.1) is 0 Å². The lowest BCUT2D eigenvalue weighted by atomic mass is 9.94.